The smallest absolute Gasteiger partial charge is 0.261 e. The molecule has 0 saturated carbocycles. The molecular weight excluding hydrogens is 504 g/mol. The van der Waals surface area contributed by atoms with Gasteiger partial charge in [0.25, 0.3) is 5.91 Å². The highest BCUT2D eigenvalue weighted by Gasteiger charge is 2.30. The Morgan fingerprint density at radius 1 is 0.971 bits per heavy atom. The Bertz CT molecular complexity index is 1130. The SMILES string of the molecule is CCCNC(=O)[C@H](Cc1ccccc1)N(Cc1cccc(Br)c1)C(=O)COc1cc(C)ccc1C. The molecule has 6 heteroatoms. The average molecular weight is 537 g/mol. The van der Waals surface area contributed by atoms with Crippen LogP contribution in [0.1, 0.15) is 35.6 Å². The third-order valence-corrected chi connectivity index (χ3v) is 6.25. The molecule has 3 rings (SSSR count). The number of aryl methyl sites for hydroxylation is 2. The normalized spacial score (nSPS) is 11.5. The third-order valence-electron chi connectivity index (χ3n) is 5.76. The number of ether oxygens (including phenoxy) is 1. The van der Waals surface area contributed by atoms with E-state index >= 15 is 0 Å². The summed E-state index contributed by atoms with van der Waals surface area (Å²) in [5.41, 5.74) is 3.95. The lowest BCUT2D eigenvalue weighted by molar-refractivity contribution is -0.142. The van der Waals surface area contributed by atoms with Crippen LogP contribution in [-0.4, -0.2) is 35.9 Å². The van der Waals surface area contributed by atoms with Crippen molar-refractivity contribution in [2.75, 3.05) is 13.2 Å². The second-order valence-corrected chi connectivity index (χ2v) is 9.62. The van der Waals surface area contributed by atoms with Crippen LogP contribution < -0.4 is 10.1 Å². The van der Waals surface area contributed by atoms with Crippen molar-refractivity contribution in [3.05, 3.63) is 99.5 Å². The van der Waals surface area contributed by atoms with E-state index in [1.807, 2.05) is 93.6 Å². The van der Waals surface area contributed by atoms with Crippen LogP contribution in [0.15, 0.2) is 77.3 Å². The van der Waals surface area contributed by atoms with Gasteiger partial charge in [-0.15, -0.1) is 0 Å². The highest BCUT2D eigenvalue weighted by atomic mass is 79.9. The van der Waals surface area contributed by atoms with Crippen LogP contribution in [0.3, 0.4) is 0 Å². The fourth-order valence-electron chi connectivity index (χ4n) is 3.84. The minimum Gasteiger partial charge on any atom is -0.483 e. The summed E-state index contributed by atoms with van der Waals surface area (Å²) in [4.78, 5) is 28.6. The molecular formula is C29H33BrN2O3. The van der Waals surface area contributed by atoms with Crippen molar-refractivity contribution in [1.82, 2.24) is 10.2 Å². The predicted octanol–water partition coefficient (Wildman–Crippen LogP) is 5.61. The van der Waals surface area contributed by atoms with Gasteiger partial charge in [-0.2, -0.15) is 0 Å². The second-order valence-electron chi connectivity index (χ2n) is 8.71. The standard InChI is InChI=1S/C29H33BrN2O3/c1-4-15-31-29(34)26(18-23-9-6-5-7-10-23)32(19-24-11-8-12-25(30)17-24)28(33)20-35-27-16-21(2)13-14-22(27)3/h5-14,16-17,26H,4,15,18-20H2,1-3H3,(H,31,34)/t26-/m0/s1. The number of carbonyl (C=O) groups is 2. The third kappa shape index (κ3) is 7.96. The van der Waals surface area contributed by atoms with Crippen LogP contribution in [0.4, 0.5) is 0 Å². The monoisotopic (exact) mass is 536 g/mol. The Kier molecular flexibility index (Phi) is 9.91. The lowest BCUT2D eigenvalue weighted by Crippen LogP contribution is -2.51. The zero-order valence-corrected chi connectivity index (χ0v) is 22.2. The van der Waals surface area contributed by atoms with E-state index in [9.17, 15) is 9.59 Å². The van der Waals surface area contributed by atoms with Gasteiger partial charge in [0.1, 0.15) is 11.8 Å². The van der Waals surface area contributed by atoms with Crippen LogP contribution in [0.2, 0.25) is 0 Å². The molecule has 0 saturated heterocycles. The maximum Gasteiger partial charge on any atom is 0.261 e. The Hall–Kier alpha value is -3.12. The van der Waals surface area contributed by atoms with Gasteiger partial charge in [0, 0.05) is 24.0 Å². The van der Waals surface area contributed by atoms with Gasteiger partial charge in [0.05, 0.1) is 0 Å². The molecule has 0 fully saturated rings. The summed E-state index contributed by atoms with van der Waals surface area (Å²) in [7, 11) is 0. The number of rotatable bonds is 11. The number of amides is 2. The van der Waals surface area contributed by atoms with Gasteiger partial charge in [0.15, 0.2) is 6.61 Å². The van der Waals surface area contributed by atoms with Gasteiger partial charge < -0.3 is 15.0 Å². The predicted molar refractivity (Wildman–Crippen MR) is 143 cm³/mol. The first kappa shape index (κ1) is 26.5. The van der Waals surface area contributed by atoms with Crippen molar-refractivity contribution < 1.29 is 14.3 Å². The molecule has 0 aliphatic heterocycles. The van der Waals surface area contributed by atoms with Crippen molar-refractivity contribution >= 4 is 27.7 Å². The number of benzene rings is 3. The molecule has 0 aromatic heterocycles. The quantitative estimate of drug-likeness (QED) is 0.346. The second kappa shape index (κ2) is 13.1. The Balaban J connectivity index is 1.91. The molecule has 0 bridgehead atoms. The van der Waals surface area contributed by atoms with Gasteiger partial charge >= 0.3 is 0 Å². The molecule has 2 amide bonds. The average Bonchev–Trinajstić information content (AvgIpc) is 2.85. The lowest BCUT2D eigenvalue weighted by atomic mass is 10.0. The van der Waals surface area contributed by atoms with E-state index in [-0.39, 0.29) is 18.4 Å². The number of nitrogens with zero attached hydrogens (tertiary/aromatic N) is 1. The summed E-state index contributed by atoms with van der Waals surface area (Å²) in [6.07, 6.45) is 1.23. The van der Waals surface area contributed by atoms with Crippen molar-refractivity contribution in [1.29, 1.82) is 0 Å². The fourth-order valence-corrected chi connectivity index (χ4v) is 4.28. The number of halogens is 1. The number of nitrogens with one attached hydrogen (secondary N) is 1. The summed E-state index contributed by atoms with van der Waals surface area (Å²) < 4.78 is 6.87. The van der Waals surface area contributed by atoms with E-state index in [2.05, 4.69) is 21.2 Å². The topological polar surface area (TPSA) is 58.6 Å². The van der Waals surface area contributed by atoms with Gasteiger partial charge in [0.2, 0.25) is 5.91 Å². The zero-order chi connectivity index (χ0) is 25.2. The van der Waals surface area contributed by atoms with E-state index in [0.29, 0.717) is 25.3 Å². The van der Waals surface area contributed by atoms with E-state index in [0.717, 1.165) is 33.1 Å². The first-order valence-corrected chi connectivity index (χ1v) is 12.7. The molecule has 184 valence electrons. The number of hydrogen-bond donors (Lipinski definition) is 1. The minimum absolute atomic E-state index is 0.148. The molecule has 0 aliphatic carbocycles. The molecule has 0 aliphatic rings. The maximum absolute atomic E-state index is 13.6. The minimum atomic E-state index is -0.669. The lowest BCUT2D eigenvalue weighted by Gasteiger charge is -2.31. The molecule has 35 heavy (non-hydrogen) atoms. The van der Waals surface area contributed by atoms with Gasteiger partial charge in [-0.25, -0.2) is 0 Å². The van der Waals surface area contributed by atoms with Crippen LogP contribution >= 0.6 is 15.9 Å². The molecule has 1 atom stereocenters. The zero-order valence-electron chi connectivity index (χ0n) is 20.6. The summed E-state index contributed by atoms with van der Waals surface area (Å²) in [5, 5.41) is 2.99. The van der Waals surface area contributed by atoms with E-state index in [4.69, 9.17) is 4.74 Å². The van der Waals surface area contributed by atoms with E-state index < -0.39 is 6.04 Å². The Morgan fingerprint density at radius 2 is 1.71 bits per heavy atom. The Labute approximate surface area is 216 Å². The first-order valence-electron chi connectivity index (χ1n) is 11.9. The largest absolute Gasteiger partial charge is 0.483 e. The molecule has 1 N–H and O–H groups in total. The molecule has 3 aromatic rings. The summed E-state index contributed by atoms with van der Waals surface area (Å²) >= 11 is 3.51. The molecule has 0 unspecified atom stereocenters. The van der Waals surface area contributed by atoms with Crippen LogP contribution in [0.25, 0.3) is 0 Å². The summed E-state index contributed by atoms with van der Waals surface area (Å²) in [6, 6.07) is 22.8. The van der Waals surface area contributed by atoms with Gasteiger partial charge in [-0.3, -0.25) is 9.59 Å². The van der Waals surface area contributed by atoms with E-state index in [1.165, 1.54) is 0 Å². The highest BCUT2D eigenvalue weighted by Crippen LogP contribution is 2.21. The first-order chi connectivity index (χ1) is 16.9. The molecule has 0 heterocycles. The summed E-state index contributed by atoms with van der Waals surface area (Å²) in [6.45, 7) is 6.66. The van der Waals surface area contributed by atoms with Crippen molar-refractivity contribution in [2.24, 2.45) is 0 Å². The van der Waals surface area contributed by atoms with Crippen molar-refractivity contribution in [3.8, 4) is 5.75 Å². The van der Waals surface area contributed by atoms with Gasteiger partial charge in [-0.05, 0) is 60.7 Å². The molecule has 0 spiro atoms. The summed E-state index contributed by atoms with van der Waals surface area (Å²) in [5.74, 6) is 0.278. The molecule has 5 nitrogen and oxygen atoms in total. The van der Waals surface area contributed by atoms with Crippen molar-refractivity contribution in [2.45, 2.75) is 46.2 Å². The molecule has 3 aromatic carbocycles. The maximum atomic E-state index is 13.6. The van der Waals surface area contributed by atoms with Crippen LogP contribution in [0.5, 0.6) is 5.75 Å². The van der Waals surface area contributed by atoms with Gasteiger partial charge in [-0.1, -0.05) is 77.5 Å². The highest BCUT2D eigenvalue weighted by molar-refractivity contribution is 9.10. The molecule has 0 radical (unpaired) electrons. The van der Waals surface area contributed by atoms with Crippen molar-refractivity contribution in [3.63, 3.8) is 0 Å². The Morgan fingerprint density at radius 3 is 2.43 bits per heavy atom. The number of carbonyl (C=O) groups excluding carboxylic acids is 2. The number of hydrogen-bond acceptors (Lipinski definition) is 3. The van der Waals surface area contributed by atoms with Crippen LogP contribution in [0, 0.1) is 13.8 Å². The fraction of sp³-hybridized carbons (Fsp3) is 0.310. The van der Waals surface area contributed by atoms with E-state index in [1.54, 1.807) is 4.90 Å². The van der Waals surface area contributed by atoms with Crippen LogP contribution in [-0.2, 0) is 22.6 Å².